The van der Waals surface area contributed by atoms with Gasteiger partial charge in [-0.2, -0.15) is 0 Å². The van der Waals surface area contributed by atoms with Gasteiger partial charge < -0.3 is 5.73 Å². The van der Waals surface area contributed by atoms with Gasteiger partial charge in [0.25, 0.3) is 15.9 Å². The van der Waals surface area contributed by atoms with Crippen LogP contribution in [0.4, 0.5) is 5.00 Å². The fourth-order valence-electron chi connectivity index (χ4n) is 2.47. The van der Waals surface area contributed by atoms with E-state index in [1.54, 1.807) is 24.3 Å². The first-order valence-corrected chi connectivity index (χ1v) is 10.0. The van der Waals surface area contributed by atoms with Crippen LogP contribution in [0, 0.1) is 0 Å². The quantitative estimate of drug-likeness (QED) is 0.709. The number of sulfonamides is 1. The number of thiophene rings is 1. The van der Waals surface area contributed by atoms with Gasteiger partial charge in [-0.25, -0.2) is 8.42 Å². The van der Waals surface area contributed by atoms with Crippen LogP contribution < -0.4 is 10.5 Å². The summed E-state index contributed by atoms with van der Waals surface area (Å²) in [6.45, 7) is 3.94. The predicted molar refractivity (Wildman–Crippen MR) is 102 cm³/mol. The molecule has 0 fully saturated rings. The highest BCUT2D eigenvalue weighted by molar-refractivity contribution is 7.93. The Bertz CT molecular complexity index is 1050. The summed E-state index contributed by atoms with van der Waals surface area (Å²) in [7, 11) is -3.82. The summed E-state index contributed by atoms with van der Waals surface area (Å²) in [5.74, 6) is -0.485. The minimum atomic E-state index is -3.82. The molecule has 0 aliphatic rings. The van der Waals surface area contributed by atoms with Crippen molar-refractivity contribution in [3.05, 3.63) is 59.0 Å². The molecule has 0 radical (unpaired) electrons. The third kappa shape index (κ3) is 3.52. The Balaban J connectivity index is 2.02. The summed E-state index contributed by atoms with van der Waals surface area (Å²) in [4.78, 5) is 12.7. The maximum absolute atomic E-state index is 12.7. The van der Waals surface area contributed by atoms with Crippen molar-refractivity contribution in [1.82, 2.24) is 0 Å². The van der Waals surface area contributed by atoms with Crippen LogP contribution in [0.3, 0.4) is 0 Å². The third-order valence-corrected chi connectivity index (χ3v) is 6.67. The van der Waals surface area contributed by atoms with Gasteiger partial charge in [0.2, 0.25) is 0 Å². The van der Waals surface area contributed by atoms with E-state index in [2.05, 4.69) is 4.72 Å². The van der Waals surface area contributed by atoms with Crippen molar-refractivity contribution in [2.75, 3.05) is 4.72 Å². The molecule has 5 nitrogen and oxygen atoms in total. The molecule has 0 bridgehead atoms. The number of nitrogens with two attached hydrogens (primary N) is 1. The van der Waals surface area contributed by atoms with Crippen molar-refractivity contribution in [3.8, 4) is 0 Å². The molecule has 0 aliphatic carbocycles. The van der Waals surface area contributed by atoms with Gasteiger partial charge in [-0.15, -0.1) is 11.3 Å². The fourth-order valence-corrected chi connectivity index (χ4v) is 4.88. The molecule has 0 saturated heterocycles. The zero-order valence-corrected chi connectivity index (χ0v) is 15.4. The highest BCUT2D eigenvalue weighted by Gasteiger charge is 2.21. The van der Waals surface area contributed by atoms with Crippen LogP contribution in [0.25, 0.3) is 10.8 Å². The summed E-state index contributed by atoms with van der Waals surface area (Å²) in [6, 6.07) is 14.1. The van der Waals surface area contributed by atoms with Crippen molar-refractivity contribution in [1.29, 1.82) is 0 Å². The summed E-state index contributed by atoms with van der Waals surface area (Å²) >= 11 is 1.23. The van der Waals surface area contributed by atoms with E-state index in [0.717, 1.165) is 15.6 Å². The van der Waals surface area contributed by atoms with Gasteiger partial charge in [-0.1, -0.05) is 44.2 Å². The lowest BCUT2D eigenvalue weighted by Gasteiger charge is -2.08. The Morgan fingerprint density at radius 2 is 1.76 bits per heavy atom. The molecule has 3 N–H and O–H groups in total. The van der Waals surface area contributed by atoms with Gasteiger partial charge in [-0.3, -0.25) is 9.52 Å². The molecule has 0 saturated carbocycles. The summed E-state index contributed by atoms with van der Waals surface area (Å²) in [5.41, 5.74) is 5.59. The van der Waals surface area contributed by atoms with Crippen molar-refractivity contribution in [2.45, 2.75) is 24.7 Å². The summed E-state index contributed by atoms with van der Waals surface area (Å²) < 4.78 is 28.0. The maximum atomic E-state index is 12.7. The lowest BCUT2D eigenvalue weighted by molar-refractivity contribution is 0.100. The molecule has 1 heterocycles. The van der Waals surface area contributed by atoms with Crippen LogP contribution in [0.15, 0.2) is 53.4 Å². The van der Waals surface area contributed by atoms with Crippen molar-refractivity contribution in [3.63, 3.8) is 0 Å². The highest BCUT2D eigenvalue weighted by atomic mass is 32.2. The average Bonchev–Trinajstić information content (AvgIpc) is 2.98. The molecule has 130 valence electrons. The van der Waals surface area contributed by atoms with Gasteiger partial charge in [-0.05, 0) is 34.9 Å². The number of anilines is 1. The molecule has 7 heteroatoms. The summed E-state index contributed by atoms with van der Waals surface area (Å²) in [5, 5.41) is 2.04. The smallest absolute Gasteiger partial charge is 0.262 e. The number of hydrogen-bond acceptors (Lipinski definition) is 4. The number of primary amides is 1. The standard InChI is InChI=1S/C18H18N2O3S2/c1-11(2)16-10-15(17(19)21)18(24-16)20-25(22,23)14-8-7-12-5-3-4-6-13(12)9-14/h3-11,20H,1-2H3,(H2,19,21). The second-order valence-corrected chi connectivity index (χ2v) is 8.79. The number of fused-ring (bicyclic) bond motifs is 1. The minimum absolute atomic E-state index is 0.140. The molecule has 25 heavy (non-hydrogen) atoms. The van der Waals surface area contributed by atoms with Gasteiger partial charge in [0, 0.05) is 4.88 Å². The van der Waals surface area contributed by atoms with Crippen LogP contribution in [-0.2, 0) is 10.0 Å². The number of carbonyl (C=O) groups is 1. The van der Waals surface area contributed by atoms with E-state index in [1.807, 2.05) is 38.1 Å². The largest absolute Gasteiger partial charge is 0.366 e. The van der Waals surface area contributed by atoms with Crippen LogP contribution in [0.2, 0.25) is 0 Å². The van der Waals surface area contributed by atoms with E-state index in [-0.39, 0.29) is 21.4 Å². The van der Waals surface area contributed by atoms with E-state index in [4.69, 9.17) is 5.73 Å². The molecule has 0 atom stereocenters. The van der Waals surface area contributed by atoms with Gasteiger partial charge >= 0.3 is 0 Å². The van der Waals surface area contributed by atoms with Crippen molar-refractivity contribution >= 4 is 43.0 Å². The first-order chi connectivity index (χ1) is 11.8. The van der Waals surface area contributed by atoms with Crippen LogP contribution >= 0.6 is 11.3 Å². The first kappa shape index (κ1) is 17.4. The normalized spacial score (nSPS) is 11.8. The van der Waals surface area contributed by atoms with E-state index >= 15 is 0 Å². The number of nitrogens with one attached hydrogen (secondary N) is 1. The van der Waals surface area contributed by atoms with Crippen molar-refractivity contribution in [2.24, 2.45) is 5.73 Å². The van der Waals surface area contributed by atoms with E-state index in [9.17, 15) is 13.2 Å². The Kier molecular flexibility index (Phi) is 4.53. The topological polar surface area (TPSA) is 89.3 Å². The SMILES string of the molecule is CC(C)c1cc(C(N)=O)c(NS(=O)(=O)c2ccc3ccccc3c2)s1. The minimum Gasteiger partial charge on any atom is -0.366 e. The van der Waals surface area contributed by atoms with Crippen LogP contribution in [0.1, 0.15) is 35.0 Å². The van der Waals surface area contributed by atoms with Crippen LogP contribution in [-0.4, -0.2) is 14.3 Å². The predicted octanol–water partition coefficient (Wildman–Crippen LogP) is 3.92. The van der Waals surface area contributed by atoms with E-state index in [1.165, 1.54) is 11.3 Å². The fraction of sp³-hybridized carbons (Fsp3) is 0.167. The van der Waals surface area contributed by atoms with Gasteiger partial charge in [0.1, 0.15) is 5.00 Å². The van der Waals surface area contributed by atoms with E-state index in [0.29, 0.717) is 0 Å². The Morgan fingerprint density at radius 3 is 2.40 bits per heavy atom. The second-order valence-electron chi connectivity index (χ2n) is 6.02. The zero-order chi connectivity index (χ0) is 18.2. The molecule has 0 aliphatic heterocycles. The average molecular weight is 374 g/mol. The molecule has 1 aromatic heterocycles. The monoisotopic (exact) mass is 374 g/mol. The Labute approximate surface area is 150 Å². The number of amides is 1. The maximum Gasteiger partial charge on any atom is 0.262 e. The molecule has 0 spiro atoms. The Hall–Kier alpha value is -2.38. The highest BCUT2D eigenvalue weighted by Crippen LogP contribution is 2.34. The number of rotatable bonds is 5. The lowest BCUT2D eigenvalue weighted by atomic mass is 10.1. The number of benzene rings is 2. The Morgan fingerprint density at radius 1 is 1.08 bits per heavy atom. The summed E-state index contributed by atoms with van der Waals surface area (Å²) in [6.07, 6.45) is 0. The molecular weight excluding hydrogens is 356 g/mol. The van der Waals surface area contributed by atoms with Gasteiger partial charge in [0.15, 0.2) is 0 Å². The van der Waals surface area contributed by atoms with Gasteiger partial charge in [0.05, 0.1) is 10.5 Å². The molecule has 3 rings (SSSR count). The van der Waals surface area contributed by atoms with Crippen LogP contribution in [0.5, 0.6) is 0 Å². The van der Waals surface area contributed by atoms with Crippen molar-refractivity contribution < 1.29 is 13.2 Å². The zero-order valence-electron chi connectivity index (χ0n) is 13.8. The number of carbonyl (C=O) groups excluding carboxylic acids is 1. The number of hydrogen-bond donors (Lipinski definition) is 2. The molecule has 2 aromatic carbocycles. The lowest BCUT2D eigenvalue weighted by Crippen LogP contribution is -2.17. The molecule has 1 amide bonds. The second kappa shape index (κ2) is 6.50. The first-order valence-electron chi connectivity index (χ1n) is 7.73. The third-order valence-electron chi connectivity index (χ3n) is 3.84. The molecular formula is C18H18N2O3S2. The molecule has 3 aromatic rings. The van der Waals surface area contributed by atoms with E-state index < -0.39 is 15.9 Å². The molecule has 0 unspecified atom stereocenters.